The molecule has 1 aliphatic rings. The predicted molar refractivity (Wildman–Crippen MR) is 113 cm³/mol. The fourth-order valence-electron chi connectivity index (χ4n) is 3.56. The van der Waals surface area contributed by atoms with Crippen molar-refractivity contribution in [2.45, 2.75) is 30.7 Å². The van der Waals surface area contributed by atoms with Crippen molar-refractivity contribution in [3.8, 4) is 34.3 Å². The van der Waals surface area contributed by atoms with Crippen molar-refractivity contribution < 1.29 is 54.1 Å². The van der Waals surface area contributed by atoms with Crippen LogP contribution in [-0.2, 0) is 9.53 Å². The predicted octanol–water partition coefficient (Wildman–Crippen LogP) is 0.151. The van der Waals surface area contributed by atoms with E-state index in [0.29, 0.717) is 11.3 Å². The Kier molecular flexibility index (Phi) is 6.06. The van der Waals surface area contributed by atoms with Crippen LogP contribution in [0.15, 0.2) is 45.6 Å². The van der Waals surface area contributed by atoms with Gasteiger partial charge in [0.2, 0.25) is 12.0 Å². The number of aliphatic carboxylic acids is 1. The normalized spacial score (nSPS) is 24.6. The van der Waals surface area contributed by atoms with Crippen LogP contribution in [0.25, 0.3) is 22.3 Å². The van der Waals surface area contributed by atoms with Crippen molar-refractivity contribution in [3.05, 3.63) is 46.6 Å². The van der Waals surface area contributed by atoms with Gasteiger partial charge in [0.1, 0.15) is 41.0 Å². The van der Waals surface area contributed by atoms with Gasteiger partial charge in [-0.15, -0.1) is 0 Å². The number of ether oxygens (including phenoxy) is 3. The standard InChI is InChI=1S/C22H20O12/c1-31-9-4-2-8(3-5-9)13-7-11(24)14-10(23)6-12(25)18(19(14)32-13)33-22-17(28)15(26)16(27)20(34-22)21(29)30/h2-7,15-17,20,22-23,25-28H,1H3,(H,29,30)/t15-,16-,17+,20+,22-/m0/s1. The zero-order chi connectivity index (χ0) is 24.7. The van der Waals surface area contributed by atoms with Gasteiger partial charge in [-0.25, -0.2) is 4.79 Å². The van der Waals surface area contributed by atoms with Gasteiger partial charge in [0, 0.05) is 17.7 Å². The lowest BCUT2D eigenvalue weighted by atomic mass is 9.99. The summed E-state index contributed by atoms with van der Waals surface area (Å²) in [4.78, 5) is 24.1. The number of aliphatic hydroxyl groups excluding tert-OH is 3. The van der Waals surface area contributed by atoms with E-state index in [1.54, 1.807) is 24.3 Å². The van der Waals surface area contributed by atoms with Gasteiger partial charge in [0.15, 0.2) is 22.9 Å². The molecule has 180 valence electrons. The number of aromatic hydroxyl groups is 2. The Morgan fingerprint density at radius 1 is 0.971 bits per heavy atom. The first-order valence-electron chi connectivity index (χ1n) is 9.88. The van der Waals surface area contributed by atoms with Gasteiger partial charge in [0.05, 0.1) is 7.11 Å². The average molecular weight is 476 g/mol. The minimum Gasteiger partial charge on any atom is -0.507 e. The van der Waals surface area contributed by atoms with Crippen molar-refractivity contribution in [2.75, 3.05) is 7.11 Å². The van der Waals surface area contributed by atoms with Crippen molar-refractivity contribution in [3.63, 3.8) is 0 Å². The topological polar surface area (TPSA) is 196 Å². The molecule has 12 nitrogen and oxygen atoms in total. The zero-order valence-electron chi connectivity index (χ0n) is 17.5. The van der Waals surface area contributed by atoms with Gasteiger partial charge in [-0.3, -0.25) is 4.79 Å². The maximum Gasteiger partial charge on any atom is 0.335 e. The highest BCUT2D eigenvalue weighted by Gasteiger charge is 2.48. The molecule has 1 saturated heterocycles. The molecule has 0 unspecified atom stereocenters. The molecule has 3 aromatic rings. The highest BCUT2D eigenvalue weighted by atomic mass is 16.7. The SMILES string of the molecule is COc1ccc(-c2cc(=O)c3c(O)cc(O)c(O[C@H]4O[C@@H](C(=O)O)[C@@H](O)[C@H](O)[C@H]4O)c3o2)cc1. The summed E-state index contributed by atoms with van der Waals surface area (Å²) in [5, 5.41) is 59.5. The monoisotopic (exact) mass is 476 g/mol. The highest BCUT2D eigenvalue weighted by molar-refractivity contribution is 5.91. The Morgan fingerprint density at radius 2 is 1.65 bits per heavy atom. The molecule has 2 aromatic carbocycles. The largest absolute Gasteiger partial charge is 0.507 e. The fourth-order valence-corrected chi connectivity index (χ4v) is 3.56. The van der Waals surface area contributed by atoms with Crippen LogP contribution in [0.4, 0.5) is 0 Å². The first-order chi connectivity index (χ1) is 16.1. The molecule has 6 N–H and O–H groups in total. The Hall–Kier alpha value is -3.84. The number of hydrogen-bond donors (Lipinski definition) is 6. The second kappa shape index (κ2) is 8.83. The number of benzene rings is 2. The molecule has 0 radical (unpaired) electrons. The summed E-state index contributed by atoms with van der Waals surface area (Å²) in [5.74, 6) is -3.00. The first-order valence-corrected chi connectivity index (χ1v) is 9.88. The van der Waals surface area contributed by atoms with E-state index in [-0.39, 0.29) is 11.1 Å². The number of phenols is 2. The summed E-state index contributed by atoms with van der Waals surface area (Å²) < 4.78 is 21.3. The van der Waals surface area contributed by atoms with Gasteiger partial charge in [0.25, 0.3) is 0 Å². The Bertz CT molecular complexity index is 1280. The second-order valence-corrected chi connectivity index (χ2v) is 7.50. The number of hydrogen-bond acceptors (Lipinski definition) is 11. The van der Waals surface area contributed by atoms with E-state index >= 15 is 0 Å². The van der Waals surface area contributed by atoms with E-state index in [4.69, 9.17) is 18.6 Å². The van der Waals surface area contributed by atoms with Crippen LogP contribution >= 0.6 is 0 Å². The Labute approximate surface area is 190 Å². The lowest BCUT2D eigenvalue weighted by Crippen LogP contribution is -2.61. The molecule has 0 saturated carbocycles. The van der Waals surface area contributed by atoms with E-state index in [2.05, 4.69) is 0 Å². The third-order valence-electron chi connectivity index (χ3n) is 5.34. The summed E-state index contributed by atoms with van der Waals surface area (Å²) in [7, 11) is 1.48. The third kappa shape index (κ3) is 3.99. The number of aliphatic hydroxyl groups is 3. The quantitative estimate of drug-likeness (QED) is 0.292. The summed E-state index contributed by atoms with van der Waals surface area (Å²) in [5.41, 5.74) is -0.690. The molecule has 0 amide bonds. The van der Waals surface area contributed by atoms with Gasteiger partial charge in [-0.1, -0.05) is 0 Å². The maximum absolute atomic E-state index is 12.8. The Morgan fingerprint density at radius 3 is 2.26 bits per heavy atom. The van der Waals surface area contributed by atoms with Crippen LogP contribution < -0.4 is 14.9 Å². The summed E-state index contributed by atoms with van der Waals surface area (Å²) in [6.07, 6.45) is -9.72. The molecular weight excluding hydrogens is 456 g/mol. The average Bonchev–Trinajstić information content (AvgIpc) is 2.80. The Balaban J connectivity index is 1.82. The fraction of sp³-hybridized carbons (Fsp3) is 0.273. The summed E-state index contributed by atoms with van der Waals surface area (Å²) in [6.45, 7) is 0. The summed E-state index contributed by atoms with van der Waals surface area (Å²) in [6, 6.07) is 8.31. The number of methoxy groups -OCH3 is 1. The van der Waals surface area contributed by atoms with Crippen molar-refractivity contribution in [1.82, 2.24) is 0 Å². The second-order valence-electron chi connectivity index (χ2n) is 7.50. The number of carboxylic acid groups (broad SMARTS) is 1. The molecule has 1 aliphatic heterocycles. The molecule has 5 atom stereocenters. The van der Waals surface area contributed by atoms with Crippen molar-refractivity contribution in [2.24, 2.45) is 0 Å². The smallest absolute Gasteiger partial charge is 0.335 e. The molecular formula is C22H20O12. The lowest BCUT2D eigenvalue weighted by Gasteiger charge is -2.38. The van der Waals surface area contributed by atoms with E-state index < -0.39 is 64.9 Å². The summed E-state index contributed by atoms with van der Waals surface area (Å²) >= 11 is 0. The van der Waals surface area contributed by atoms with Crippen molar-refractivity contribution in [1.29, 1.82) is 0 Å². The van der Waals surface area contributed by atoms with Crippen LogP contribution in [0, 0.1) is 0 Å². The van der Waals surface area contributed by atoms with Crippen LogP contribution in [0.2, 0.25) is 0 Å². The van der Waals surface area contributed by atoms with Crippen molar-refractivity contribution >= 4 is 16.9 Å². The van der Waals surface area contributed by atoms with E-state index in [9.17, 15) is 40.2 Å². The molecule has 1 aromatic heterocycles. The van der Waals surface area contributed by atoms with Crippen LogP contribution in [-0.4, -0.2) is 74.4 Å². The third-order valence-corrected chi connectivity index (χ3v) is 5.34. The molecule has 0 bridgehead atoms. The van der Waals surface area contributed by atoms with Gasteiger partial charge in [-0.2, -0.15) is 0 Å². The first kappa shape index (κ1) is 23.3. The molecule has 4 rings (SSSR count). The van der Waals surface area contributed by atoms with E-state index in [0.717, 1.165) is 12.1 Å². The highest BCUT2D eigenvalue weighted by Crippen LogP contribution is 2.42. The van der Waals surface area contributed by atoms with E-state index in [1.807, 2.05) is 0 Å². The molecule has 0 spiro atoms. The lowest BCUT2D eigenvalue weighted by molar-refractivity contribution is -0.271. The van der Waals surface area contributed by atoms with Crippen LogP contribution in [0.3, 0.4) is 0 Å². The van der Waals surface area contributed by atoms with Crippen LogP contribution in [0.5, 0.6) is 23.0 Å². The van der Waals surface area contributed by atoms with Gasteiger partial charge >= 0.3 is 5.97 Å². The van der Waals surface area contributed by atoms with Gasteiger partial charge < -0.3 is 49.3 Å². The zero-order valence-corrected chi connectivity index (χ0v) is 17.5. The molecule has 0 aliphatic carbocycles. The minimum atomic E-state index is -1.97. The molecule has 12 heteroatoms. The number of rotatable bonds is 5. The molecule has 34 heavy (non-hydrogen) atoms. The van der Waals surface area contributed by atoms with Gasteiger partial charge in [-0.05, 0) is 24.3 Å². The molecule has 2 heterocycles. The number of carboxylic acids is 1. The maximum atomic E-state index is 12.8. The number of carbonyl (C=O) groups is 1. The minimum absolute atomic E-state index is 0.0268. The molecule has 1 fully saturated rings. The number of fused-ring (bicyclic) bond motifs is 1. The number of phenolic OH excluding ortho intramolecular Hbond substituents is 2. The van der Waals surface area contributed by atoms with Crippen LogP contribution in [0.1, 0.15) is 0 Å². The van der Waals surface area contributed by atoms with E-state index in [1.165, 1.54) is 7.11 Å².